The van der Waals surface area contributed by atoms with E-state index in [1.807, 2.05) is 12.1 Å². The molecule has 0 fully saturated rings. The average Bonchev–Trinajstić information content (AvgIpc) is 2.74. The zero-order valence-electron chi connectivity index (χ0n) is 16.1. The number of rotatable bonds is 7. The van der Waals surface area contributed by atoms with Crippen LogP contribution in [-0.4, -0.2) is 31.3 Å². The molecule has 0 atom stereocenters. The van der Waals surface area contributed by atoms with E-state index in [9.17, 15) is 0 Å². The summed E-state index contributed by atoms with van der Waals surface area (Å²) in [7, 11) is 4.64. The van der Waals surface area contributed by atoms with Gasteiger partial charge in [-0.25, -0.2) is 10.8 Å². The second-order valence-electron chi connectivity index (χ2n) is 5.83. The molecule has 1 heterocycles. The van der Waals surface area contributed by atoms with Crippen molar-refractivity contribution in [2.45, 2.75) is 0 Å². The summed E-state index contributed by atoms with van der Waals surface area (Å²) < 4.78 is 16.7. The van der Waals surface area contributed by atoms with E-state index in [1.54, 1.807) is 51.8 Å². The Morgan fingerprint density at radius 3 is 2.28 bits per heavy atom. The average molecular weight is 461 g/mol. The third kappa shape index (κ3) is 4.28. The molecule has 10 heteroatoms. The van der Waals surface area contributed by atoms with Gasteiger partial charge >= 0.3 is 0 Å². The fraction of sp³-hybridized carbons (Fsp3) is 0.158. The van der Waals surface area contributed by atoms with E-state index >= 15 is 0 Å². The van der Waals surface area contributed by atoms with E-state index in [-0.39, 0.29) is 0 Å². The van der Waals surface area contributed by atoms with Gasteiger partial charge in [-0.1, -0.05) is 12.1 Å². The van der Waals surface area contributed by atoms with Crippen molar-refractivity contribution in [3.8, 4) is 17.2 Å². The second kappa shape index (κ2) is 8.84. The van der Waals surface area contributed by atoms with Crippen molar-refractivity contribution in [3.63, 3.8) is 0 Å². The summed E-state index contributed by atoms with van der Waals surface area (Å²) in [5.74, 6) is 8.52. The topological polar surface area (TPSA) is 121 Å². The van der Waals surface area contributed by atoms with Crippen LogP contribution in [0.5, 0.6) is 17.2 Å². The van der Waals surface area contributed by atoms with Crippen LogP contribution in [0.2, 0.25) is 0 Å². The molecule has 2 aromatic carbocycles. The van der Waals surface area contributed by atoms with E-state index in [0.29, 0.717) is 50.5 Å². The van der Waals surface area contributed by atoms with Gasteiger partial charge in [-0.15, -0.1) is 0 Å². The molecule has 0 aliphatic rings. The standard InChI is InChI=1S/C19H21BrN6O3/c1-27-15-8-11(9-16(28-2)17(15)29-3)24-19-23-10-12(20)18(25-19)26(22)14-7-5-4-6-13(14)21/h4-10H,21-22H2,1-3H3,(H,23,24,25). The molecule has 3 rings (SSSR count). The van der Waals surface area contributed by atoms with Crippen LogP contribution < -0.4 is 36.1 Å². The van der Waals surface area contributed by atoms with Crippen molar-refractivity contribution in [3.05, 3.63) is 47.1 Å². The van der Waals surface area contributed by atoms with Gasteiger partial charge in [0.2, 0.25) is 11.7 Å². The van der Waals surface area contributed by atoms with Crippen LogP contribution in [0.25, 0.3) is 0 Å². The molecule has 0 saturated heterocycles. The summed E-state index contributed by atoms with van der Waals surface area (Å²) in [6, 6.07) is 10.7. The first-order chi connectivity index (χ1) is 14.0. The maximum atomic E-state index is 6.26. The molecule has 0 aliphatic heterocycles. The molecule has 0 amide bonds. The number of para-hydroxylation sites is 2. The molecule has 29 heavy (non-hydrogen) atoms. The van der Waals surface area contributed by atoms with E-state index in [0.717, 1.165) is 0 Å². The third-order valence-electron chi connectivity index (χ3n) is 4.07. The number of hydrogen-bond donors (Lipinski definition) is 3. The quantitative estimate of drug-likeness (QED) is 0.275. The fourth-order valence-electron chi connectivity index (χ4n) is 2.69. The maximum Gasteiger partial charge on any atom is 0.229 e. The molecular formula is C19H21BrN6O3. The lowest BCUT2D eigenvalue weighted by Gasteiger charge is -2.21. The number of anilines is 5. The molecular weight excluding hydrogens is 440 g/mol. The second-order valence-corrected chi connectivity index (χ2v) is 6.69. The lowest BCUT2D eigenvalue weighted by molar-refractivity contribution is 0.324. The van der Waals surface area contributed by atoms with Crippen molar-refractivity contribution < 1.29 is 14.2 Å². The summed E-state index contributed by atoms with van der Waals surface area (Å²) in [6.45, 7) is 0. The first-order valence-electron chi connectivity index (χ1n) is 8.47. The number of nitrogens with one attached hydrogen (secondary N) is 1. The molecule has 0 aliphatic carbocycles. The maximum absolute atomic E-state index is 6.26. The van der Waals surface area contributed by atoms with E-state index in [4.69, 9.17) is 25.8 Å². The Morgan fingerprint density at radius 2 is 1.69 bits per heavy atom. The number of nitrogens with zero attached hydrogens (tertiary/aromatic N) is 3. The Labute approximate surface area is 176 Å². The summed E-state index contributed by atoms with van der Waals surface area (Å²) in [5.41, 5.74) is 7.82. The SMILES string of the molecule is COc1cc(Nc2ncc(Br)c(N(N)c3ccccc3N)n2)cc(OC)c1OC. The minimum atomic E-state index is 0.322. The van der Waals surface area contributed by atoms with E-state index < -0.39 is 0 Å². The highest BCUT2D eigenvalue weighted by Gasteiger charge is 2.17. The molecule has 0 unspecified atom stereocenters. The van der Waals surface area contributed by atoms with Gasteiger partial charge in [-0.2, -0.15) is 4.98 Å². The van der Waals surface area contributed by atoms with Crippen LogP contribution in [0.15, 0.2) is 47.1 Å². The Bertz CT molecular complexity index is 992. The minimum absolute atomic E-state index is 0.322. The normalized spacial score (nSPS) is 10.4. The van der Waals surface area contributed by atoms with Crippen LogP contribution in [0, 0.1) is 0 Å². The number of benzene rings is 2. The predicted molar refractivity (Wildman–Crippen MR) is 116 cm³/mol. The van der Waals surface area contributed by atoms with E-state index in [1.165, 1.54) is 5.01 Å². The number of nitrogens with two attached hydrogens (primary N) is 2. The number of halogens is 1. The molecule has 1 aromatic heterocycles. The van der Waals surface area contributed by atoms with Gasteiger partial charge in [0.25, 0.3) is 0 Å². The molecule has 0 radical (unpaired) electrons. The number of ether oxygens (including phenoxy) is 3. The first-order valence-corrected chi connectivity index (χ1v) is 9.26. The first kappa shape index (κ1) is 20.5. The van der Waals surface area contributed by atoms with Crippen LogP contribution >= 0.6 is 15.9 Å². The lowest BCUT2D eigenvalue weighted by Crippen LogP contribution is -2.27. The Kier molecular flexibility index (Phi) is 6.25. The van der Waals surface area contributed by atoms with Crippen molar-refractivity contribution in [2.24, 2.45) is 5.84 Å². The zero-order chi connectivity index (χ0) is 21.0. The number of hydrazine groups is 1. The smallest absolute Gasteiger partial charge is 0.229 e. The molecule has 152 valence electrons. The van der Waals surface area contributed by atoms with Crippen LogP contribution in [0.3, 0.4) is 0 Å². The highest BCUT2D eigenvalue weighted by atomic mass is 79.9. The summed E-state index contributed by atoms with van der Waals surface area (Å²) >= 11 is 3.43. The van der Waals surface area contributed by atoms with Gasteiger partial charge < -0.3 is 25.3 Å². The summed E-state index contributed by atoms with van der Waals surface area (Å²) in [4.78, 5) is 8.79. The highest BCUT2D eigenvalue weighted by molar-refractivity contribution is 9.10. The number of nitrogen functional groups attached to an aromatic ring is 1. The largest absolute Gasteiger partial charge is 0.493 e. The van der Waals surface area contributed by atoms with Crippen molar-refractivity contribution in [1.82, 2.24) is 9.97 Å². The van der Waals surface area contributed by atoms with Crippen molar-refractivity contribution >= 4 is 44.8 Å². The molecule has 5 N–H and O–H groups in total. The fourth-order valence-corrected chi connectivity index (χ4v) is 3.07. The molecule has 9 nitrogen and oxygen atoms in total. The molecule has 3 aromatic rings. The monoisotopic (exact) mass is 460 g/mol. The van der Waals surface area contributed by atoms with E-state index in [2.05, 4.69) is 31.2 Å². The van der Waals surface area contributed by atoms with Gasteiger partial charge in [0.1, 0.15) is 0 Å². The van der Waals surface area contributed by atoms with Crippen LogP contribution in [-0.2, 0) is 0 Å². The predicted octanol–water partition coefficient (Wildman–Crippen LogP) is 3.60. The highest BCUT2D eigenvalue weighted by Crippen LogP contribution is 2.40. The number of hydrogen-bond acceptors (Lipinski definition) is 9. The molecule has 0 bridgehead atoms. The van der Waals surface area contributed by atoms with Gasteiger partial charge in [0.05, 0.1) is 37.2 Å². The zero-order valence-corrected chi connectivity index (χ0v) is 17.7. The van der Waals surface area contributed by atoms with Crippen LogP contribution in [0.4, 0.5) is 28.8 Å². The molecule has 0 spiro atoms. The van der Waals surface area contributed by atoms with Crippen molar-refractivity contribution in [1.29, 1.82) is 0 Å². The third-order valence-corrected chi connectivity index (χ3v) is 4.63. The summed E-state index contributed by atoms with van der Waals surface area (Å²) in [6.07, 6.45) is 1.60. The van der Waals surface area contributed by atoms with Gasteiger partial charge in [0.15, 0.2) is 17.3 Å². The summed E-state index contributed by atoms with van der Waals surface area (Å²) in [5, 5.41) is 4.51. The Morgan fingerprint density at radius 1 is 1.03 bits per heavy atom. The Balaban J connectivity index is 1.96. The van der Waals surface area contributed by atoms with Gasteiger partial charge in [0, 0.05) is 24.0 Å². The van der Waals surface area contributed by atoms with Gasteiger partial charge in [-0.05, 0) is 28.1 Å². The van der Waals surface area contributed by atoms with Crippen LogP contribution in [0.1, 0.15) is 0 Å². The van der Waals surface area contributed by atoms with Gasteiger partial charge in [-0.3, -0.25) is 5.01 Å². The number of methoxy groups -OCH3 is 3. The number of aromatic nitrogens is 2. The minimum Gasteiger partial charge on any atom is -0.493 e. The molecule has 0 saturated carbocycles. The Hall–Kier alpha value is -3.24. The lowest BCUT2D eigenvalue weighted by atomic mass is 10.2. The van der Waals surface area contributed by atoms with Crippen molar-refractivity contribution in [2.75, 3.05) is 37.4 Å².